The summed E-state index contributed by atoms with van der Waals surface area (Å²) in [5.74, 6) is -1.39. The molecule has 1 aromatic carbocycles. The molecule has 1 aliphatic carbocycles. The van der Waals surface area contributed by atoms with Crippen LogP contribution in [0.3, 0.4) is 0 Å². The smallest absolute Gasteiger partial charge is 0.329 e. The molecule has 0 bridgehead atoms. The number of hydrogen-bond acceptors (Lipinski definition) is 4. The van der Waals surface area contributed by atoms with Crippen molar-refractivity contribution in [1.82, 2.24) is 10.3 Å². The maximum absolute atomic E-state index is 12.5. The number of H-pyrrole nitrogens is 1. The molecule has 0 aliphatic heterocycles. The topological polar surface area (TPSA) is 125 Å². The number of fused-ring (bicyclic) bond motifs is 1. The van der Waals surface area contributed by atoms with E-state index in [1.165, 1.54) is 12.1 Å². The largest absolute Gasteiger partial charge is 0.480 e. The molecule has 8 heteroatoms. The van der Waals surface area contributed by atoms with Gasteiger partial charge in [0.1, 0.15) is 5.54 Å². The zero-order valence-corrected chi connectivity index (χ0v) is 14.3. The summed E-state index contributed by atoms with van der Waals surface area (Å²) < 4.78 is 0. The Morgan fingerprint density at radius 1 is 1.23 bits per heavy atom. The molecule has 0 saturated heterocycles. The maximum atomic E-state index is 12.5. The molecule has 0 unspecified atom stereocenters. The van der Waals surface area contributed by atoms with Crippen LogP contribution in [-0.2, 0) is 16.0 Å². The van der Waals surface area contributed by atoms with Crippen molar-refractivity contribution in [2.75, 3.05) is 0 Å². The molecular weight excluding hydrogens is 338 g/mol. The Kier molecular flexibility index (Phi) is 4.92. The number of aliphatic carboxylic acids is 1. The first-order chi connectivity index (χ1) is 12.4. The van der Waals surface area contributed by atoms with Crippen LogP contribution in [0.4, 0.5) is 5.69 Å². The number of rotatable bonds is 5. The highest BCUT2D eigenvalue weighted by Gasteiger charge is 2.40. The van der Waals surface area contributed by atoms with Gasteiger partial charge in [-0.3, -0.25) is 14.9 Å². The minimum atomic E-state index is -1.22. The predicted molar refractivity (Wildman–Crippen MR) is 94.9 cm³/mol. The number of hydrogen-bond donors (Lipinski definition) is 3. The van der Waals surface area contributed by atoms with Crippen molar-refractivity contribution in [3.05, 3.63) is 40.1 Å². The van der Waals surface area contributed by atoms with Crippen molar-refractivity contribution < 1.29 is 19.6 Å². The molecule has 3 rings (SSSR count). The fourth-order valence-corrected chi connectivity index (χ4v) is 3.63. The molecule has 8 nitrogen and oxygen atoms in total. The van der Waals surface area contributed by atoms with Gasteiger partial charge in [-0.25, -0.2) is 4.79 Å². The number of non-ortho nitro benzene ring substituents is 1. The fraction of sp³-hybridized carbons (Fsp3) is 0.444. The van der Waals surface area contributed by atoms with Crippen molar-refractivity contribution >= 4 is 28.5 Å². The van der Waals surface area contributed by atoms with Crippen LogP contribution in [0.25, 0.3) is 10.9 Å². The van der Waals surface area contributed by atoms with E-state index >= 15 is 0 Å². The highest BCUT2D eigenvalue weighted by Crippen LogP contribution is 2.28. The fourth-order valence-electron chi connectivity index (χ4n) is 3.63. The van der Waals surface area contributed by atoms with Gasteiger partial charge in [-0.05, 0) is 24.5 Å². The number of amides is 1. The van der Waals surface area contributed by atoms with Gasteiger partial charge in [-0.15, -0.1) is 0 Å². The summed E-state index contributed by atoms with van der Waals surface area (Å²) in [5.41, 5.74) is 0.0341. The number of aromatic nitrogens is 1. The van der Waals surface area contributed by atoms with Crippen LogP contribution in [-0.4, -0.2) is 32.4 Å². The van der Waals surface area contributed by atoms with E-state index < -0.39 is 16.4 Å². The van der Waals surface area contributed by atoms with Crippen LogP contribution in [0, 0.1) is 10.1 Å². The van der Waals surface area contributed by atoms with Crippen LogP contribution in [0.5, 0.6) is 0 Å². The zero-order chi connectivity index (χ0) is 18.7. The van der Waals surface area contributed by atoms with Gasteiger partial charge in [0, 0.05) is 29.2 Å². The van der Waals surface area contributed by atoms with E-state index in [4.69, 9.17) is 0 Å². The van der Waals surface area contributed by atoms with E-state index in [1.807, 2.05) is 0 Å². The van der Waals surface area contributed by atoms with Crippen LogP contribution in [0.15, 0.2) is 24.4 Å². The third kappa shape index (κ3) is 3.54. The number of nitrogens with zero attached hydrogens (tertiary/aromatic N) is 1. The maximum Gasteiger partial charge on any atom is 0.329 e. The quantitative estimate of drug-likeness (QED) is 0.430. The van der Waals surface area contributed by atoms with Crippen LogP contribution in [0.2, 0.25) is 0 Å². The highest BCUT2D eigenvalue weighted by atomic mass is 16.6. The van der Waals surface area contributed by atoms with Gasteiger partial charge in [0.05, 0.1) is 11.3 Å². The van der Waals surface area contributed by atoms with Gasteiger partial charge in [-0.2, -0.15) is 0 Å². The number of nitro benzene ring substituents is 1. The van der Waals surface area contributed by atoms with Gasteiger partial charge in [0.15, 0.2) is 0 Å². The Hall–Kier alpha value is -2.90. The molecule has 1 saturated carbocycles. The second-order valence-corrected chi connectivity index (χ2v) is 6.83. The Morgan fingerprint density at radius 3 is 2.54 bits per heavy atom. The molecule has 3 N–H and O–H groups in total. The van der Waals surface area contributed by atoms with Crippen molar-refractivity contribution in [3.63, 3.8) is 0 Å². The molecule has 138 valence electrons. The van der Waals surface area contributed by atoms with Crippen molar-refractivity contribution in [2.45, 2.75) is 50.5 Å². The number of nitrogens with one attached hydrogen (secondary N) is 2. The Bertz CT molecular complexity index is 850. The van der Waals surface area contributed by atoms with Gasteiger partial charge >= 0.3 is 5.97 Å². The minimum absolute atomic E-state index is 0.0315. The molecule has 0 radical (unpaired) electrons. The van der Waals surface area contributed by atoms with E-state index in [-0.39, 0.29) is 18.0 Å². The Balaban J connectivity index is 1.81. The first-order valence-electron chi connectivity index (χ1n) is 8.70. The standard InChI is InChI=1S/C18H21N3O5/c22-16(20-18(17(23)24)7-3-1-2-4-8-18)9-12-11-19-15-6-5-13(21(25)26)10-14(12)15/h5-6,10-11,19H,1-4,7-9H2,(H,20,22)(H,23,24). The summed E-state index contributed by atoms with van der Waals surface area (Å²) in [6, 6.07) is 4.42. The van der Waals surface area contributed by atoms with Crippen LogP contribution in [0.1, 0.15) is 44.1 Å². The summed E-state index contributed by atoms with van der Waals surface area (Å²) in [5, 5.41) is 23.9. The van der Waals surface area contributed by atoms with E-state index in [0.717, 1.165) is 25.7 Å². The van der Waals surface area contributed by atoms with Crippen LogP contribution < -0.4 is 5.32 Å². The second kappa shape index (κ2) is 7.15. The number of carbonyl (C=O) groups excluding carboxylic acids is 1. The van der Waals surface area contributed by atoms with E-state index in [0.29, 0.717) is 29.3 Å². The molecule has 26 heavy (non-hydrogen) atoms. The van der Waals surface area contributed by atoms with Crippen molar-refractivity contribution in [3.8, 4) is 0 Å². The third-order valence-electron chi connectivity index (χ3n) is 5.06. The Labute approximate surface area is 149 Å². The summed E-state index contributed by atoms with van der Waals surface area (Å²) in [4.78, 5) is 37.8. The average molecular weight is 359 g/mol. The number of nitro groups is 1. The Morgan fingerprint density at radius 2 is 1.92 bits per heavy atom. The average Bonchev–Trinajstić information content (AvgIpc) is 2.83. The first-order valence-corrected chi connectivity index (χ1v) is 8.70. The SMILES string of the molecule is O=C(Cc1c[nH]c2ccc([N+](=O)[O-])cc12)NC1(C(=O)O)CCCCCC1. The molecular formula is C18H21N3O5. The van der Waals surface area contributed by atoms with Crippen molar-refractivity contribution in [1.29, 1.82) is 0 Å². The van der Waals surface area contributed by atoms with Crippen LogP contribution >= 0.6 is 0 Å². The summed E-state index contributed by atoms with van der Waals surface area (Å²) >= 11 is 0. The van der Waals surface area contributed by atoms with Crippen molar-refractivity contribution in [2.24, 2.45) is 0 Å². The number of benzene rings is 1. The monoisotopic (exact) mass is 359 g/mol. The minimum Gasteiger partial charge on any atom is -0.480 e. The van der Waals surface area contributed by atoms with Gasteiger partial charge in [0.2, 0.25) is 5.91 Å². The predicted octanol–water partition coefficient (Wildman–Crippen LogP) is 2.91. The molecule has 0 spiro atoms. The normalized spacial score (nSPS) is 16.8. The lowest BCUT2D eigenvalue weighted by atomic mass is 9.90. The summed E-state index contributed by atoms with van der Waals surface area (Å²) in [7, 11) is 0. The zero-order valence-electron chi connectivity index (χ0n) is 14.3. The molecule has 1 aliphatic rings. The summed E-state index contributed by atoms with van der Waals surface area (Å²) in [6.07, 6.45) is 5.93. The molecule has 0 atom stereocenters. The molecule has 1 aromatic heterocycles. The molecule has 1 fully saturated rings. The van der Waals surface area contributed by atoms with Gasteiger partial charge in [-0.1, -0.05) is 25.7 Å². The summed E-state index contributed by atoms with van der Waals surface area (Å²) in [6.45, 7) is 0. The highest BCUT2D eigenvalue weighted by molar-refractivity contribution is 5.92. The lowest BCUT2D eigenvalue weighted by Crippen LogP contribution is -2.54. The third-order valence-corrected chi connectivity index (χ3v) is 5.06. The first kappa shape index (κ1) is 17.9. The second-order valence-electron chi connectivity index (χ2n) is 6.83. The molecule has 1 heterocycles. The number of aromatic amines is 1. The van der Waals surface area contributed by atoms with E-state index in [1.54, 1.807) is 12.3 Å². The molecule has 1 amide bonds. The number of carboxylic acids is 1. The molecule has 2 aromatic rings. The van der Waals surface area contributed by atoms with E-state index in [2.05, 4.69) is 10.3 Å². The van der Waals surface area contributed by atoms with E-state index in [9.17, 15) is 24.8 Å². The lowest BCUT2D eigenvalue weighted by molar-refractivity contribution is -0.384. The number of carbonyl (C=O) groups is 2. The van der Waals surface area contributed by atoms with Gasteiger partial charge in [0.25, 0.3) is 5.69 Å². The lowest BCUT2D eigenvalue weighted by Gasteiger charge is -2.29. The number of carboxylic acid groups (broad SMARTS) is 1. The van der Waals surface area contributed by atoms with Gasteiger partial charge < -0.3 is 15.4 Å².